The van der Waals surface area contributed by atoms with Crippen molar-refractivity contribution < 1.29 is 13.2 Å². The predicted octanol–water partition coefficient (Wildman–Crippen LogP) is 3.02. The summed E-state index contributed by atoms with van der Waals surface area (Å²) in [6.45, 7) is 0. The summed E-state index contributed by atoms with van der Waals surface area (Å²) in [5.41, 5.74) is 1.16. The highest BCUT2D eigenvalue weighted by molar-refractivity contribution is 8.31. The molecule has 1 aromatic heterocycles. The van der Waals surface area contributed by atoms with Crippen LogP contribution in [0.2, 0.25) is 0 Å². The Hall–Kier alpha value is -1.43. The van der Waals surface area contributed by atoms with Crippen LogP contribution in [0.15, 0.2) is 54.7 Å². The normalized spacial score (nSPS) is 10.2. The molecular weight excluding hydrogens is 309 g/mol. The first-order chi connectivity index (χ1) is 8.88. The molecule has 0 saturated carbocycles. The first-order valence-corrected chi connectivity index (χ1v) is 8.16. The van der Waals surface area contributed by atoms with Crippen molar-refractivity contribution in [3.05, 3.63) is 66.0 Å². The van der Waals surface area contributed by atoms with E-state index in [4.69, 9.17) is 8.42 Å². The van der Waals surface area contributed by atoms with Gasteiger partial charge in [-0.05, 0) is 12.1 Å². The van der Waals surface area contributed by atoms with E-state index in [1.165, 1.54) is 0 Å². The lowest BCUT2D eigenvalue weighted by molar-refractivity contribution is 0.103. The molecule has 0 N–H and O–H groups in total. The lowest BCUT2D eigenvalue weighted by Gasteiger charge is -1.98. The minimum atomic E-state index is -3.72. The van der Waals surface area contributed by atoms with Crippen molar-refractivity contribution in [3.8, 4) is 0 Å². The van der Waals surface area contributed by atoms with Crippen LogP contribution in [0.4, 0.5) is 0 Å². The van der Waals surface area contributed by atoms with E-state index in [0.29, 0.717) is 11.3 Å². The van der Waals surface area contributed by atoms with Crippen LogP contribution < -0.4 is 0 Å². The smallest absolute Gasteiger partial charge is 0.287 e. The quantitative estimate of drug-likeness (QED) is 0.631. The Bertz CT molecular complexity index is 581. The second-order valence-electron chi connectivity index (χ2n) is 3.29. The van der Waals surface area contributed by atoms with Crippen molar-refractivity contribution in [1.29, 1.82) is 0 Å². The van der Waals surface area contributed by atoms with E-state index in [1.807, 2.05) is 24.3 Å². The number of hydrogen-bond donors (Lipinski definition) is 0. The van der Waals surface area contributed by atoms with Gasteiger partial charge in [-0.1, -0.05) is 36.4 Å². The molecule has 19 heavy (non-hydrogen) atoms. The lowest BCUT2D eigenvalue weighted by atomic mass is 10.1. The van der Waals surface area contributed by atoms with E-state index in [2.05, 4.69) is 26.3 Å². The summed E-state index contributed by atoms with van der Waals surface area (Å²) in [4.78, 5) is 15.8. The van der Waals surface area contributed by atoms with Crippen LogP contribution >= 0.6 is 21.4 Å². The van der Waals surface area contributed by atoms with Crippen molar-refractivity contribution in [2.45, 2.75) is 0 Å². The van der Waals surface area contributed by atoms with Crippen molar-refractivity contribution >= 4 is 35.4 Å². The maximum Gasteiger partial charge on any atom is 0.317 e. The van der Waals surface area contributed by atoms with Crippen molar-refractivity contribution in [2.75, 3.05) is 0 Å². The average molecular weight is 318 g/mol. The van der Waals surface area contributed by atoms with Crippen LogP contribution in [-0.4, -0.2) is 19.2 Å². The van der Waals surface area contributed by atoms with Crippen LogP contribution in [0, 0.1) is 0 Å². The Labute approximate surface area is 119 Å². The Morgan fingerprint density at radius 2 is 1.47 bits per heavy atom. The van der Waals surface area contributed by atoms with Crippen LogP contribution in [0.5, 0.6) is 0 Å². The van der Waals surface area contributed by atoms with Gasteiger partial charge in [0.15, 0.2) is 0 Å². The maximum atomic E-state index is 11.8. The second-order valence-corrected chi connectivity index (χ2v) is 6.96. The Morgan fingerprint density at radius 3 is 1.95 bits per heavy atom. The molecule has 0 fully saturated rings. The molecule has 0 saturated heterocycles. The van der Waals surface area contributed by atoms with Gasteiger partial charge in [0.05, 0.1) is 0 Å². The molecule has 0 bridgehead atoms. The third-order valence-corrected chi connectivity index (χ3v) is 1.93. The number of ketones is 1. The fourth-order valence-electron chi connectivity index (χ4n) is 1.23. The van der Waals surface area contributed by atoms with Gasteiger partial charge in [-0.15, -0.1) is 0 Å². The van der Waals surface area contributed by atoms with Gasteiger partial charge in [0.25, 0.3) is 0 Å². The number of nitrogens with zero attached hydrogens (tertiary/aromatic N) is 1. The molecular formula is C12H9Cl2NO3S. The van der Waals surface area contributed by atoms with Crippen LogP contribution in [0.25, 0.3) is 0 Å². The Balaban J connectivity index is 0.000000312. The number of pyridine rings is 1. The molecule has 0 atom stereocenters. The van der Waals surface area contributed by atoms with E-state index in [-0.39, 0.29) is 5.78 Å². The van der Waals surface area contributed by atoms with Gasteiger partial charge >= 0.3 is 8.26 Å². The van der Waals surface area contributed by atoms with Crippen molar-refractivity contribution in [1.82, 2.24) is 4.98 Å². The zero-order chi connectivity index (χ0) is 14.3. The first kappa shape index (κ1) is 15.6. The zero-order valence-electron chi connectivity index (χ0n) is 9.53. The second kappa shape index (κ2) is 7.23. The molecule has 0 aliphatic heterocycles. The maximum absolute atomic E-state index is 11.8. The van der Waals surface area contributed by atoms with E-state index in [1.54, 1.807) is 30.5 Å². The summed E-state index contributed by atoms with van der Waals surface area (Å²) < 4.78 is 18.3. The van der Waals surface area contributed by atoms with Gasteiger partial charge in [-0.2, -0.15) is 8.42 Å². The topological polar surface area (TPSA) is 64.1 Å². The number of hydrogen-bond acceptors (Lipinski definition) is 4. The third-order valence-electron chi connectivity index (χ3n) is 1.93. The molecule has 1 heterocycles. The molecule has 1 aromatic carbocycles. The molecule has 0 amide bonds. The van der Waals surface area contributed by atoms with Gasteiger partial charge in [0, 0.05) is 33.1 Å². The molecule has 4 nitrogen and oxygen atoms in total. The summed E-state index contributed by atoms with van der Waals surface area (Å²) in [6.07, 6.45) is 1.62. The third kappa shape index (κ3) is 6.91. The average Bonchev–Trinajstić information content (AvgIpc) is 2.38. The Morgan fingerprint density at radius 1 is 0.947 bits per heavy atom. The molecule has 0 aliphatic carbocycles. The van der Waals surface area contributed by atoms with Crippen LogP contribution in [0.3, 0.4) is 0 Å². The number of rotatable bonds is 2. The van der Waals surface area contributed by atoms with E-state index in [9.17, 15) is 4.79 Å². The monoisotopic (exact) mass is 317 g/mol. The fourth-order valence-corrected chi connectivity index (χ4v) is 1.23. The van der Waals surface area contributed by atoms with Gasteiger partial charge < -0.3 is 0 Å². The predicted molar refractivity (Wildman–Crippen MR) is 74.7 cm³/mol. The summed E-state index contributed by atoms with van der Waals surface area (Å²) in [6, 6.07) is 14.5. The fraction of sp³-hybridized carbons (Fsp3) is 0. The highest BCUT2D eigenvalue weighted by atomic mass is 36.0. The van der Waals surface area contributed by atoms with Gasteiger partial charge in [0.2, 0.25) is 5.78 Å². The first-order valence-electron chi connectivity index (χ1n) is 5.03. The molecule has 2 rings (SSSR count). The highest BCUT2D eigenvalue weighted by Gasteiger charge is 2.07. The summed E-state index contributed by atoms with van der Waals surface area (Å²) in [5, 5.41) is 0. The number of benzene rings is 1. The van der Waals surface area contributed by atoms with Crippen LogP contribution in [0.1, 0.15) is 16.1 Å². The summed E-state index contributed by atoms with van der Waals surface area (Å²) >= 11 is 0. The molecule has 100 valence electrons. The molecule has 0 radical (unpaired) electrons. The van der Waals surface area contributed by atoms with E-state index < -0.39 is 8.26 Å². The standard InChI is InChI=1S/C12H9NO.Cl2O2S/c14-12(10-6-2-1-3-7-10)11-8-4-5-9-13-11;1-5(2,3)4/h1-9H;. The minimum absolute atomic E-state index is 0.0359. The number of halogens is 2. The van der Waals surface area contributed by atoms with Crippen molar-refractivity contribution in [2.24, 2.45) is 0 Å². The van der Waals surface area contributed by atoms with E-state index >= 15 is 0 Å². The SMILES string of the molecule is O=C(c1ccccc1)c1ccccn1.O=S(=O)(Cl)Cl. The Kier molecular flexibility index (Phi) is 5.95. The molecule has 7 heteroatoms. The largest absolute Gasteiger partial charge is 0.317 e. The molecule has 2 aromatic rings. The minimum Gasteiger partial charge on any atom is -0.287 e. The number of carbonyl (C=O) groups is 1. The van der Waals surface area contributed by atoms with E-state index in [0.717, 1.165) is 0 Å². The van der Waals surface area contributed by atoms with Crippen molar-refractivity contribution in [3.63, 3.8) is 0 Å². The number of aromatic nitrogens is 1. The van der Waals surface area contributed by atoms with Gasteiger partial charge in [0.1, 0.15) is 5.69 Å². The summed E-state index contributed by atoms with van der Waals surface area (Å²) in [7, 11) is 4.81. The zero-order valence-corrected chi connectivity index (χ0v) is 11.9. The van der Waals surface area contributed by atoms with Crippen LogP contribution in [-0.2, 0) is 8.26 Å². The lowest BCUT2D eigenvalue weighted by Crippen LogP contribution is -2.02. The number of carbonyl (C=O) groups excluding carboxylic acids is 1. The van der Waals surface area contributed by atoms with Gasteiger partial charge in [-0.3, -0.25) is 9.78 Å². The molecule has 0 aliphatic rings. The van der Waals surface area contributed by atoms with Gasteiger partial charge in [-0.25, -0.2) is 0 Å². The highest BCUT2D eigenvalue weighted by Crippen LogP contribution is 2.06. The molecule has 0 unspecified atom stereocenters. The molecule has 0 spiro atoms. The summed E-state index contributed by atoms with van der Waals surface area (Å²) in [5.74, 6) is -0.0359.